The number of nitrogens with zero attached hydrogens (tertiary/aromatic N) is 1. The van der Waals surface area contributed by atoms with Crippen LogP contribution in [0.5, 0.6) is 11.5 Å². The Bertz CT molecular complexity index is 804. The topological polar surface area (TPSA) is 72.8 Å². The van der Waals surface area contributed by atoms with Gasteiger partial charge in [-0.3, -0.25) is 0 Å². The summed E-state index contributed by atoms with van der Waals surface area (Å²) in [6.07, 6.45) is 1.05. The second kappa shape index (κ2) is 6.56. The van der Waals surface area contributed by atoms with E-state index in [-0.39, 0.29) is 10.6 Å². The van der Waals surface area contributed by atoms with Gasteiger partial charge in [0.25, 0.3) is 16.1 Å². The van der Waals surface area contributed by atoms with Gasteiger partial charge >= 0.3 is 0 Å². The highest BCUT2D eigenvalue weighted by Gasteiger charge is 2.19. The average molecular weight is 317 g/mol. The molecule has 2 rings (SSSR count). The lowest BCUT2D eigenvalue weighted by Gasteiger charge is -2.10. The van der Waals surface area contributed by atoms with Crippen molar-refractivity contribution in [3.8, 4) is 11.5 Å². The van der Waals surface area contributed by atoms with E-state index in [4.69, 9.17) is 4.74 Å². The van der Waals surface area contributed by atoms with Crippen LogP contribution in [-0.4, -0.2) is 14.5 Å². The molecule has 0 amide bonds. The smallest absolute Gasteiger partial charge is 0.296 e. The molecule has 0 aliphatic carbocycles. The molecular formula is C16H15NO4S. The van der Waals surface area contributed by atoms with Crippen molar-refractivity contribution in [2.75, 3.05) is 0 Å². The van der Waals surface area contributed by atoms with Gasteiger partial charge in [-0.2, -0.15) is 8.42 Å². The Morgan fingerprint density at radius 3 is 2.27 bits per heavy atom. The molecule has 22 heavy (non-hydrogen) atoms. The van der Waals surface area contributed by atoms with Gasteiger partial charge in [0, 0.05) is 0 Å². The molecule has 5 nitrogen and oxygen atoms in total. The Hall–Kier alpha value is -2.43. The fourth-order valence-electron chi connectivity index (χ4n) is 1.89. The molecule has 2 aromatic carbocycles. The van der Waals surface area contributed by atoms with E-state index in [9.17, 15) is 13.2 Å². The van der Waals surface area contributed by atoms with Gasteiger partial charge in [-0.25, -0.2) is 4.79 Å². The molecule has 0 fully saturated rings. The number of benzene rings is 2. The Morgan fingerprint density at radius 1 is 1.05 bits per heavy atom. The Labute approximate surface area is 129 Å². The molecule has 0 atom stereocenters. The third kappa shape index (κ3) is 3.61. The number of hydrogen-bond acceptors (Lipinski definition) is 4. The van der Waals surface area contributed by atoms with Gasteiger partial charge in [0.1, 0.15) is 16.4 Å². The summed E-state index contributed by atoms with van der Waals surface area (Å²) in [5.74, 6) is 1.00. The van der Waals surface area contributed by atoms with Gasteiger partial charge in [-0.1, -0.05) is 42.5 Å². The monoisotopic (exact) mass is 317 g/mol. The number of rotatable bonds is 5. The van der Waals surface area contributed by atoms with Crippen LogP contribution < -0.4 is 4.74 Å². The van der Waals surface area contributed by atoms with Crippen molar-refractivity contribution in [1.29, 1.82) is 0 Å². The second-order valence-corrected chi connectivity index (χ2v) is 6.50. The van der Waals surface area contributed by atoms with Crippen LogP contribution in [0.4, 0.5) is 0 Å². The van der Waals surface area contributed by atoms with Crippen LogP contribution in [0, 0.1) is 0 Å². The van der Waals surface area contributed by atoms with Gasteiger partial charge < -0.3 is 4.74 Å². The van der Waals surface area contributed by atoms with E-state index in [2.05, 4.69) is 18.2 Å². The van der Waals surface area contributed by atoms with E-state index < -0.39 is 10.0 Å². The Balaban J connectivity index is 2.36. The van der Waals surface area contributed by atoms with Crippen molar-refractivity contribution in [1.82, 2.24) is 0 Å². The lowest BCUT2D eigenvalue weighted by molar-refractivity contribution is 0.467. The zero-order chi connectivity index (χ0) is 16.2. The summed E-state index contributed by atoms with van der Waals surface area (Å²) >= 11 is 0. The summed E-state index contributed by atoms with van der Waals surface area (Å²) < 4.78 is 32.2. The maximum atomic E-state index is 11.9. The molecule has 0 unspecified atom stereocenters. The molecule has 0 aliphatic rings. The van der Waals surface area contributed by atoms with Gasteiger partial charge in [-0.05, 0) is 35.7 Å². The second-order valence-electron chi connectivity index (χ2n) is 4.93. The van der Waals surface area contributed by atoms with Gasteiger partial charge in [0.05, 0.1) is 0 Å². The molecule has 0 N–H and O–H groups in total. The highest BCUT2D eigenvalue weighted by atomic mass is 32.2. The van der Waals surface area contributed by atoms with Crippen molar-refractivity contribution in [3.05, 3.63) is 54.1 Å². The van der Waals surface area contributed by atoms with Gasteiger partial charge in [0.15, 0.2) is 0 Å². The predicted octanol–water partition coefficient (Wildman–Crippen LogP) is 3.63. The van der Waals surface area contributed by atoms with Gasteiger partial charge in [-0.15, -0.1) is 0 Å². The minimum Gasteiger partial charge on any atom is -0.456 e. The van der Waals surface area contributed by atoms with Crippen molar-refractivity contribution in [3.63, 3.8) is 0 Å². The zero-order valence-electron chi connectivity index (χ0n) is 12.2. The van der Waals surface area contributed by atoms with E-state index in [1.54, 1.807) is 18.2 Å². The van der Waals surface area contributed by atoms with Crippen molar-refractivity contribution in [2.45, 2.75) is 24.7 Å². The summed E-state index contributed by atoms with van der Waals surface area (Å²) in [5, 5.41) is 0. The molecule has 0 bridgehead atoms. The van der Waals surface area contributed by atoms with Crippen LogP contribution in [0.2, 0.25) is 0 Å². The minimum absolute atomic E-state index is 0.110. The fraction of sp³-hybridized carbons (Fsp3) is 0.188. The van der Waals surface area contributed by atoms with Crippen LogP contribution in [-0.2, 0) is 14.8 Å². The molecule has 114 valence electrons. The number of carbonyl (C=O) groups excluding carboxylic acids is 1. The highest BCUT2D eigenvalue weighted by Crippen LogP contribution is 2.30. The maximum Gasteiger partial charge on any atom is 0.296 e. The third-order valence-electron chi connectivity index (χ3n) is 3.06. The van der Waals surface area contributed by atoms with E-state index in [1.807, 2.05) is 12.1 Å². The SMILES string of the molecule is CC(C)c1ccc(Oc2ccccc2S(=O)(=O)N=C=O)cc1. The number of para-hydroxylation sites is 1. The van der Waals surface area contributed by atoms with Crippen LogP contribution in [0.3, 0.4) is 0 Å². The molecule has 0 radical (unpaired) electrons. The fourth-order valence-corrected chi connectivity index (χ4v) is 2.70. The first-order chi connectivity index (χ1) is 10.4. The lowest BCUT2D eigenvalue weighted by atomic mass is 10.0. The first-order valence-corrected chi connectivity index (χ1v) is 8.09. The van der Waals surface area contributed by atoms with E-state index >= 15 is 0 Å². The summed E-state index contributed by atoms with van der Waals surface area (Å²) in [4.78, 5) is 10.1. The summed E-state index contributed by atoms with van der Waals surface area (Å²) in [6, 6.07) is 13.4. The standard InChI is InChI=1S/C16H15NO4S/c1-12(2)13-7-9-14(10-8-13)21-15-5-3-4-6-16(15)22(19,20)17-11-18/h3-10,12H,1-2H3. The van der Waals surface area contributed by atoms with Crippen LogP contribution in [0.25, 0.3) is 0 Å². The van der Waals surface area contributed by atoms with Crippen LogP contribution in [0.1, 0.15) is 25.3 Å². The summed E-state index contributed by atoms with van der Waals surface area (Å²) in [7, 11) is -4.11. The molecule has 0 saturated carbocycles. The number of isocyanates is 1. The lowest BCUT2D eigenvalue weighted by Crippen LogP contribution is -1.99. The average Bonchev–Trinajstić information content (AvgIpc) is 2.48. The van der Waals surface area contributed by atoms with Crippen molar-refractivity contribution >= 4 is 16.1 Å². The Kier molecular flexibility index (Phi) is 4.75. The van der Waals surface area contributed by atoms with Crippen molar-refractivity contribution < 1.29 is 17.9 Å². The maximum absolute atomic E-state index is 11.9. The molecule has 0 heterocycles. The number of sulfonamides is 1. The molecule has 0 aliphatic heterocycles. The largest absolute Gasteiger partial charge is 0.456 e. The first kappa shape index (κ1) is 15.9. The van der Waals surface area contributed by atoms with E-state index in [1.165, 1.54) is 18.2 Å². The number of ether oxygens (including phenoxy) is 1. The van der Waals surface area contributed by atoms with E-state index in [0.29, 0.717) is 11.7 Å². The summed E-state index contributed by atoms with van der Waals surface area (Å²) in [5.41, 5.74) is 1.15. The minimum atomic E-state index is -4.11. The molecule has 0 saturated heterocycles. The third-order valence-corrected chi connectivity index (χ3v) is 4.27. The molecule has 2 aromatic rings. The Morgan fingerprint density at radius 2 is 1.68 bits per heavy atom. The highest BCUT2D eigenvalue weighted by molar-refractivity contribution is 7.90. The zero-order valence-corrected chi connectivity index (χ0v) is 13.0. The molecule has 0 aromatic heterocycles. The van der Waals surface area contributed by atoms with Crippen molar-refractivity contribution in [2.24, 2.45) is 4.40 Å². The first-order valence-electron chi connectivity index (χ1n) is 6.65. The summed E-state index contributed by atoms with van der Waals surface area (Å²) in [6.45, 7) is 4.16. The van der Waals surface area contributed by atoms with Gasteiger partial charge in [0.2, 0.25) is 0 Å². The van der Waals surface area contributed by atoms with Crippen LogP contribution >= 0.6 is 0 Å². The normalized spacial score (nSPS) is 11.0. The number of hydrogen-bond donors (Lipinski definition) is 0. The predicted molar refractivity (Wildman–Crippen MR) is 82.4 cm³/mol. The molecule has 6 heteroatoms. The van der Waals surface area contributed by atoms with Crippen LogP contribution in [0.15, 0.2) is 57.8 Å². The van der Waals surface area contributed by atoms with E-state index in [0.717, 1.165) is 11.6 Å². The molecule has 0 spiro atoms. The quantitative estimate of drug-likeness (QED) is 0.623. The molecular weight excluding hydrogens is 302 g/mol.